The number of quaternary nitrogens is 1. The molecule has 0 saturated heterocycles. The summed E-state index contributed by atoms with van der Waals surface area (Å²) in [7, 11) is 0. The molecule has 3 heteroatoms. The van der Waals surface area contributed by atoms with Gasteiger partial charge in [-0.1, -0.05) is 0 Å². The van der Waals surface area contributed by atoms with Crippen LogP contribution in [0.3, 0.4) is 0 Å². The average molecular weight is 171 g/mol. The molecular formula is C9H17NO2. The summed E-state index contributed by atoms with van der Waals surface area (Å²) in [6.45, 7) is 0. The minimum absolute atomic E-state index is 0. The normalized spacial score (nSPS) is 38.8. The Morgan fingerprint density at radius 3 is 1.83 bits per heavy atom. The Kier molecular flexibility index (Phi) is 2.42. The van der Waals surface area contributed by atoms with Crippen LogP contribution in [0.2, 0.25) is 0 Å². The molecule has 12 heavy (non-hydrogen) atoms. The van der Waals surface area contributed by atoms with Crippen molar-refractivity contribution in [2.75, 3.05) is 0 Å². The van der Waals surface area contributed by atoms with E-state index in [9.17, 15) is 9.90 Å². The summed E-state index contributed by atoms with van der Waals surface area (Å²) in [6.07, 6.45) is 5.98. The first-order valence-corrected chi connectivity index (χ1v) is 4.44. The van der Waals surface area contributed by atoms with Crippen molar-refractivity contribution >= 4 is 5.97 Å². The molecule has 3 aliphatic carbocycles. The predicted octanol–water partition coefficient (Wildman–Crippen LogP) is 1.08. The summed E-state index contributed by atoms with van der Waals surface area (Å²) in [5.41, 5.74) is -0.408. The van der Waals surface area contributed by atoms with Gasteiger partial charge in [0, 0.05) is 11.4 Å². The van der Waals surface area contributed by atoms with Crippen molar-refractivity contribution in [3.8, 4) is 0 Å². The second kappa shape index (κ2) is 3.05. The van der Waals surface area contributed by atoms with Crippen molar-refractivity contribution in [3.63, 3.8) is 0 Å². The number of hydrogen-bond acceptors (Lipinski definition) is 2. The van der Waals surface area contributed by atoms with Gasteiger partial charge in [-0.25, -0.2) is 0 Å². The van der Waals surface area contributed by atoms with Crippen LogP contribution in [-0.2, 0) is 4.79 Å². The molecule has 3 saturated carbocycles. The molecule has 3 aliphatic rings. The van der Waals surface area contributed by atoms with Gasteiger partial charge >= 0.3 is 0 Å². The summed E-state index contributed by atoms with van der Waals surface area (Å²) in [5.74, 6) is 0.0341. The van der Waals surface area contributed by atoms with E-state index in [1.807, 2.05) is 0 Å². The molecule has 0 radical (unpaired) electrons. The number of carboxylic acid groups (broad SMARTS) is 1. The minimum atomic E-state index is -0.796. The van der Waals surface area contributed by atoms with Crippen LogP contribution in [-0.4, -0.2) is 5.97 Å². The van der Waals surface area contributed by atoms with Gasteiger partial charge in [-0.3, -0.25) is 0 Å². The van der Waals surface area contributed by atoms with E-state index in [0.29, 0.717) is 0 Å². The topological polar surface area (TPSA) is 76.6 Å². The second-order valence-electron chi connectivity index (χ2n) is 4.05. The summed E-state index contributed by atoms with van der Waals surface area (Å²) >= 11 is 0. The molecule has 0 aliphatic heterocycles. The molecule has 3 fully saturated rings. The molecular weight excluding hydrogens is 154 g/mol. The van der Waals surface area contributed by atoms with Crippen LogP contribution in [0.5, 0.6) is 0 Å². The summed E-state index contributed by atoms with van der Waals surface area (Å²) in [4.78, 5) is 10.8. The monoisotopic (exact) mass is 171 g/mol. The highest BCUT2D eigenvalue weighted by molar-refractivity contribution is 5.72. The average Bonchev–Trinajstić information content (AvgIpc) is 2.08. The van der Waals surface area contributed by atoms with Crippen molar-refractivity contribution in [1.82, 2.24) is 6.15 Å². The third-order valence-corrected chi connectivity index (χ3v) is 3.53. The van der Waals surface area contributed by atoms with Crippen molar-refractivity contribution < 1.29 is 9.90 Å². The smallest absolute Gasteiger partial charge is 0.0476 e. The molecule has 3 rings (SSSR count). The SMILES string of the molecule is O=C([O-])C12CCC(CC1)CC2.[NH4+]. The van der Waals surface area contributed by atoms with E-state index in [-0.39, 0.29) is 6.15 Å². The fourth-order valence-corrected chi connectivity index (χ4v) is 2.56. The Balaban J connectivity index is 0.000000720. The lowest BCUT2D eigenvalue weighted by molar-refractivity contribution is -0.323. The van der Waals surface area contributed by atoms with Gasteiger partial charge in [0.25, 0.3) is 0 Å². The van der Waals surface area contributed by atoms with Gasteiger partial charge in [0.05, 0.1) is 0 Å². The van der Waals surface area contributed by atoms with Crippen molar-refractivity contribution in [2.45, 2.75) is 38.5 Å². The van der Waals surface area contributed by atoms with Crippen LogP contribution in [0.4, 0.5) is 0 Å². The summed E-state index contributed by atoms with van der Waals surface area (Å²) < 4.78 is 0. The fraction of sp³-hybridized carbons (Fsp3) is 0.889. The minimum Gasteiger partial charge on any atom is -0.550 e. The zero-order chi connectivity index (χ0) is 7.90. The van der Waals surface area contributed by atoms with Crippen LogP contribution in [0.1, 0.15) is 38.5 Å². The number of carboxylic acids is 1. The van der Waals surface area contributed by atoms with E-state index < -0.39 is 11.4 Å². The maximum absolute atomic E-state index is 10.8. The Morgan fingerprint density at radius 1 is 1.17 bits per heavy atom. The Morgan fingerprint density at radius 2 is 1.58 bits per heavy atom. The number of carbonyl (C=O) groups excluding carboxylic acids is 1. The highest BCUT2D eigenvalue weighted by atomic mass is 16.4. The first kappa shape index (κ1) is 9.52. The molecule has 0 aromatic rings. The molecule has 0 aromatic heterocycles. The lowest BCUT2D eigenvalue weighted by Crippen LogP contribution is -2.47. The fourth-order valence-electron chi connectivity index (χ4n) is 2.56. The maximum atomic E-state index is 10.8. The molecule has 0 heterocycles. The summed E-state index contributed by atoms with van der Waals surface area (Å²) in [5, 5.41) is 10.8. The van der Waals surface area contributed by atoms with E-state index in [4.69, 9.17) is 0 Å². The molecule has 0 spiro atoms. The van der Waals surface area contributed by atoms with Gasteiger partial charge in [-0.15, -0.1) is 0 Å². The second-order valence-corrected chi connectivity index (χ2v) is 4.05. The van der Waals surface area contributed by atoms with Crippen LogP contribution in [0, 0.1) is 11.3 Å². The van der Waals surface area contributed by atoms with E-state index >= 15 is 0 Å². The maximum Gasteiger partial charge on any atom is 0.0476 e. The molecule has 3 nitrogen and oxygen atoms in total. The molecule has 0 aromatic carbocycles. The zero-order valence-electron chi connectivity index (χ0n) is 7.64. The Hall–Kier alpha value is -0.570. The number of hydrogen-bond donors (Lipinski definition) is 1. The number of rotatable bonds is 1. The van der Waals surface area contributed by atoms with E-state index in [1.54, 1.807) is 0 Å². The molecule has 4 N–H and O–H groups in total. The largest absolute Gasteiger partial charge is 0.550 e. The van der Waals surface area contributed by atoms with Crippen molar-refractivity contribution in [2.24, 2.45) is 11.3 Å². The van der Waals surface area contributed by atoms with E-state index in [0.717, 1.165) is 44.4 Å². The van der Waals surface area contributed by atoms with Crippen LogP contribution < -0.4 is 11.3 Å². The molecule has 70 valence electrons. The predicted molar refractivity (Wildman–Crippen MR) is 44.6 cm³/mol. The van der Waals surface area contributed by atoms with Gasteiger partial charge in [-0.05, 0) is 44.4 Å². The standard InChI is InChI=1S/C9H14O2.H3N/c10-8(11)9-4-1-7(2-5-9)3-6-9;/h7H,1-6H2,(H,10,11);1H3. The Labute approximate surface area is 72.7 Å². The number of fused-ring (bicyclic) bond motifs is 3. The lowest BCUT2D eigenvalue weighted by Gasteiger charge is -2.47. The molecule has 0 atom stereocenters. The van der Waals surface area contributed by atoms with Crippen LogP contribution in [0.15, 0.2) is 0 Å². The quantitative estimate of drug-likeness (QED) is 0.641. The zero-order valence-corrected chi connectivity index (χ0v) is 7.64. The highest BCUT2D eigenvalue weighted by Crippen LogP contribution is 2.49. The molecule has 0 amide bonds. The van der Waals surface area contributed by atoms with Crippen LogP contribution >= 0.6 is 0 Å². The van der Waals surface area contributed by atoms with Gasteiger partial charge < -0.3 is 16.1 Å². The third-order valence-electron chi connectivity index (χ3n) is 3.53. The van der Waals surface area contributed by atoms with Gasteiger partial charge in [0.15, 0.2) is 0 Å². The van der Waals surface area contributed by atoms with Gasteiger partial charge in [-0.2, -0.15) is 0 Å². The Bertz CT molecular complexity index is 169. The van der Waals surface area contributed by atoms with Crippen LogP contribution in [0.25, 0.3) is 0 Å². The first-order chi connectivity index (χ1) is 5.23. The molecule has 2 bridgehead atoms. The van der Waals surface area contributed by atoms with Crippen molar-refractivity contribution in [3.05, 3.63) is 0 Å². The van der Waals surface area contributed by atoms with E-state index in [1.165, 1.54) is 0 Å². The highest BCUT2D eigenvalue weighted by Gasteiger charge is 2.41. The first-order valence-electron chi connectivity index (χ1n) is 4.44. The van der Waals surface area contributed by atoms with Gasteiger partial charge in [0.2, 0.25) is 0 Å². The van der Waals surface area contributed by atoms with Gasteiger partial charge in [0.1, 0.15) is 0 Å². The third kappa shape index (κ3) is 1.22. The van der Waals surface area contributed by atoms with E-state index in [2.05, 4.69) is 0 Å². The molecule has 0 unspecified atom stereocenters. The van der Waals surface area contributed by atoms with Crippen molar-refractivity contribution in [1.29, 1.82) is 0 Å². The number of aliphatic carboxylic acids is 1. The lowest BCUT2D eigenvalue weighted by atomic mass is 9.61. The number of carbonyl (C=O) groups is 1. The summed E-state index contributed by atoms with van der Waals surface area (Å²) in [6, 6.07) is 0.